The van der Waals surface area contributed by atoms with Gasteiger partial charge in [-0.2, -0.15) is 0 Å². The van der Waals surface area contributed by atoms with E-state index in [-0.39, 0.29) is 5.41 Å². The normalized spacial score (nSPS) is 18.7. The molecule has 2 aliphatic carbocycles. The molecule has 0 aliphatic heterocycles. The van der Waals surface area contributed by atoms with Crippen LogP contribution in [0.3, 0.4) is 0 Å². The number of ether oxygens (including phenoxy) is 4. The molecule has 0 spiro atoms. The van der Waals surface area contributed by atoms with E-state index in [1.165, 1.54) is 48.0 Å². The van der Waals surface area contributed by atoms with Gasteiger partial charge in [0.1, 0.15) is 23.0 Å². The van der Waals surface area contributed by atoms with Gasteiger partial charge in [-0.25, -0.2) is 0 Å². The molecule has 0 heterocycles. The Bertz CT molecular complexity index is 1330. The lowest BCUT2D eigenvalue weighted by molar-refractivity contribution is 0.253. The fourth-order valence-corrected chi connectivity index (χ4v) is 13.4. The molecule has 2 aliphatic rings. The lowest BCUT2D eigenvalue weighted by atomic mass is 9.77. The summed E-state index contributed by atoms with van der Waals surface area (Å²) in [7, 11) is 5.84. The van der Waals surface area contributed by atoms with Gasteiger partial charge in [-0.1, -0.05) is 93.9 Å². The van der Waals surface area contributed by atoms with Crippen LogP contribution in [0.1, 0.15) is 38.5 Å². The van der Waals surface area contributed by atoms with Crippen LogP contribution in [-0.2, 0) is 4.74 Å². The predicted octanol–water partition coefficient (Wildman–Crippen LogP) is 7.76. The van der Waals surface area contributed by atoms with E-state index in [0.717, 1.165) is 41.8 Å². The van der Waals surface area contributed by atoms with Gasteiger partial charge in [0.25, 0.3) is 0 Å². The Kier molecular flexibility index (Phi) is 10.6. The minimum atomic E-state index is -0.749. The summed E-state index contributed by atoms with van der Waals surface area (Å²) in [4.78, 5) is 0. The van der Waals surface area contributed by atoms with Crippen LogP contribution in [0.5, 0.6) is 17.2 Å². The van der Waals surface area contributed by atoms with Crippen LogP contribution in [-0.4, -0.2) is 46.4 Å². The third kappa shape index (κ3) is 6.72. The van der Waals surface area contributed by atoms with Crippen molar-refractivity contribution >= 4 is 31.8 Å². The van der Waals surface area contributed by atoms with Crippen LogP contribution >= 0.6 is 15.8 Å². The molecule has 3 aromatic rings. The Hall–Kier alpha value is -2.80. The van der Waals surface area contributed by atoms with E-state index in [9.17, 15) is 0 Å². The molecule has 5 rings (SSSR count). The molecular formula is C36H44O4P2. The molecule has 222 valence electrons. The smallest absolute Gasteiger partial charge is 0.126 e. The molecule has 1 saturated carbocycles. The topological polar surface area (TPSA) is 36.9 Å². The van der Waals surface area contributed by atoms with Gasteiger partial charge in [0, 0.05) is 21.6 Å². The van der Waals surface area contributed by atoms with Gasteiger partial charge in [0.2, 0.25) is 0 Å². The standard InChI is InChI=1S/C36H44O4P2/c1-37-28-16-6-10-20-32(28)41(33-21-11-7-17-29(33)38-2)26-36(24-14-5-15-25-36)27-42(34-22-12-8-18-30(34)39-3)35-23-13-9-19-31(35)40-4/h6-13,16-22,35H,5,14-15,23-27H2,1-4H3. The molecule has 6 heteroatoms. The van der Waals surface area contributed by atoms with Crippen molar-refractivity contribution in [3.05, 3.63) is 96.8 Å². The van der Waals surface area contributed by atoms with E-state index >= 15 is 0 Å². The molecule has 2 atom stereocenters. The first-order valence-corrected chi connectivity index (χ1v) is 18.1. The molecule has 3 aromatic carbocycles. The SMILES string of the molecule is COC1=CC=CCC1P(CC1(CP(c2ccccc2OC)c2ccccc2OC)CCCCC1)c1ccccc1OC. The molecule has 42 heavy (non-hydrogen) atoms. The third-order valence-electron chi connectivity index (χ3n) is 8.76. The Morgan fingerprint density at radius 1 is 0.643 bits per heavy atom. The summed E-state index contributed by atoms with van der Waals surface area (Å²) >= 11 is 0. The number of methoxy groups -OCH3 is 4. The van der Waals surface area contributed by atoms with Crippen LogP contribution in [0.25, 0.3) is 0 Å². The van der Waals surface area contributed by atoms with Crippen molar-refractivity contribution in [1.82, 2.24) is 0 Å². The molecule has 0 aromatic heterocycles. The number of hydrogen-bond acceptors (Lipinski definition) is 4. The van der Waals surface area contributed by atoms with Crippen molar-refractivity contribution in [2.24, 2.45) is 5.41 Å². The van der Waals surface area contributed by atoms with Crippen molar-refractivity contribution in [3.63, 3.8) is 0 Å². The maximum Gasteiger partial charge on any atom is 0.126 e. The number of allylic oxidation sites excluding steroid dienone is 4. The summed E-state index contributed by atoms with van der Waals surface area (Å²) in [6, 6.07) is 25.9. The summed E-state index contributed by atoms with van der Waals surface area (Å²) < 4.78 is 24.0. The molecule has 1 fully saturated rings. The minimum Gasteiger partial charge on any atom is -0.500 e. The lowest BCUT2D eigenvalue weighted by Crippen LogP contribution is -2.37. The van der Waals surface area contributed by atoms with E-state index in [2.05, 4.69) is 91.0 Å². The van der Waals surface area contributed by atoms with Gasteiger partial charge in [0.15, 0.2) is 0 Å². The van der Waals surface area contributed by atoms with Crippen LogP contribution in [0.15, 0.2) is 96.8 Å². The third-order valence-corrected chi connectivity index (χ3v) is 14.9. The quantitative estimate of drug-likeness (QED) is 0.199. The highest BCUT2D eigenvalue weighted by Crippen LogP contribution is 2.58. The van der Waals surface area contributed by atoms with Crippen molar-refractivity contribution in [2.75, 3.05) is 40.8 Å². The van der Waals surface area contributed by atoms with Gasteiger partial charge >= 0.3 is 0 Å². The zero-order chi connectivity index (χ0) is 29.4. The fraction of sp³-hybridized carbons (Fsp3) is 0.389. The van der Waals surface area contributed by atoms with E-state index < -0.39 is 15.8 Å². The Morgan fingerprint density at radius 3 is 1.71 bits per heavy atom. The number of hydrogen-bond donors (Lipinski definition) is 0. The molecule has 2 unspecified atom stereocenters. The second kappa shape index (κ2) is 14.6. The Balaban J connectivity index is 1.62. The predicted molar refractivity (Wildman–Crippen MR) is 180 cm³/mol. The Labute approximate surface area is 254 Å². The Morgan fingerprint density at radius 2 is 1.17 bits per heavy atom. The highest BCUT2D eigenvalue weighted by molar-refractivity contribution is 7.73. The van der Waals surface area contributed by atoms with Gasteiger partial charge in [0.05, 0.1) is 28.4 Å². The van der Waals surface area contributed by atoms with Crippen LogP contribution in [0.2, 0.25) is 0 Å². The largest absolute Gasteiger partial charge is 0.500 e. The van der Waals surface area contributed by atoms with Crippen LogP contribution in [0.4, 0.5) is 0 Å². The molecule has 0 saturated heterocycles. The van der Waals surface area contributed by atoms with Gasteiger partial charge in [-0.15, -0.1) is 0 Å². The van der Waals surface area contributed by atoms with E-state index in [4.69, 9.17) is 18.9 Å². The molecule has 4 nitrogen and oxygen atoms in total. The summed E-state index contributed by atoms with van der Waals surface area (Å²) in [6.07, 6.45) is 16.2. The summed E-state index contributed by atoms with van der Waals surface area (Å²) in [5.41, 5.74) is 0.506. The number of para-hydroxylation sites is 3. The molecule has 0 N–H and O–H groups in total. The van der Waals surface area contributed by atoms with E-state index in [0.29, 0.717) is 5.66 Å². The first-order chi connectivity index (χ1) is 20.6. The highest BCUT2D eigenvalue weighted by Gasteiger charge is 2.42. The first-order valence-electron chi connectivity index (χ1n) is 15.0. The second-order valence-electron chi connectivity index (χ2n) is 11.2. The number of rotatable bonds is 12. The van der Waals surface area contributed by atoms with Gasteiger partial charge < -0.3 is 18.9 Å². The fourth-order valence-electron chi connectivity index (χ4n) is 6.68. The maximum atomic E-state index is 6.04. The lowest BCUT2D eigenvalue weighted by Gasteiger charge is -2.45. The molecular weight excluding hydrogens is 558 g/mol. The highest BCUT2D eigenvalue weighted by atomic mass is 31.1. The van der Waals surface area contributed by atoms with Crippen molar-refractivity contribution < 1.29 is 18.9 Å². The zero-order valence-electron chi connectivity index (χ0n) is 25.4. The average Bonchev–Trinajstić information content (AvgIpc) is 3.06. The average molecular weight is 603 g/mol. The van der Waals surface area contributed by atoms with E-state index in [1.807, 2.05) is 7.11 Å². The molecule has 0 amide bonds. The first kappa shape index (κ1) is 30.7. The van der Waals surface area contributed by atoms with Gasteiger partial charge in [-0.3, -0.25) is 0 Å². The monoisotopic (exact) mass is 602 g/mol. The maximum absolute atomic E-state index is 6.04. The van der Waals surface area contributed by atoms with Crippen LogP contribution in [0, 0.1) is 5.41 Å². The van der Waals surface area contributed by atoms with Crippen LogP contribution < -0.4 is 30.1 Å². The minimum absolute atomic E-state index is 0.179. The number of benzene rings is 3. The summed E-state index contributed by atoms with van der Waals surface area (Å²) in [6.45, 7) is 0. The summed E-state index contributed by atoms with van der Waals surface area (Å²) in [5.74, 6) is 4.03. The second-order valence-corrected chi connectivity index (χ2v) is 15.7. The molecule has 0 radical (unpaired) electrons. The molecule has 0 bridgehead atoms. The summed E-state index contributed by atoms with van der Waals surface area (Å²) in [5, 5.41) is 3.94. The van der Waals surface area contributed by atoms with Gasteiger partial charge in [-0.05, 0) is 69.2 Å². The van der Waals surface area contributed by atoms with Crippen molar-refractivity contribution in [3.8, 4) is 17.2 Å². The van der Waals surface area contributed by atoms with Crippen molar-refractivity contribution in [2.45, 2.75) is 44.2 Å². The zero-order valence-corrected chi connectivity index (χ0v) is 27.2. The van der Waals surface area contributed by atoms with Crippen molar-refractivity contribution in [1.29, 1.82) is 0 Å². The van der Waals surface area contributed by atoms with E-state index in [1.54, 1.807) is 21.3 Å².